The number of amides is 1. The fraction of sp³-hybridized carbons (Fsp3) is 0.778. The second-order valence-electron chi connectivity index (χ2n) is 7.24. The first-order valence-corrected chi connectivity index (χ1v) is 8.90. The summed E-state index contributed by atoms with van der Waals surface area (Å²) in [7, 11) is 0. The average Bonchev–Trinajstić information content (AvgIpc) is 3.23. The van der Waals surface area contributed by atoms with E-state index < -0.39 is 0 Å². The molecular weight excluding hydrogens is 274 g/mol. The molecule has 3 rings (SSSR count). The molecule has 1 unspecified atom stereocenters. The van der Waals surface area contributed by atoms with Gasteiger partial charge in [-0.05, 0) is 38.5 Å². The summed E-state index contributed by atoms with van der Waals surface area (Å²) in [5.74, 6) is 2.87. The van der Waals surface area contributed by atoms with Crippen molar-refractivity contribution < 1.29 is 4.79 Å². The molecule has 1 aliphatic carbocycles. The van der Waals surface area contributed by atoms with E-state index >= 15 is 0 Å². The first-order valence-electron chi connectivity index (χ1n) is 8.90. The highest BCUT2D eigenvalue weighted by atomic mass is 16.2. The molecule has 2 aliphatic rings. The highest BCUT2D eigenvalue weighted by Crippen LogP contribution is 2.29. The van der Waals surface area contributed by atoms with Gasteiger partial charge in [-0.25, -0.2) is 4.98 Å². The van der Waals surface area contributed by atoms with Crippen molar-refractivity contribution in [2.75, 3.05) is 13.1 Å². The molecule has 2 heterocycles. The number of hydrogen-bond donors (Lipinski definition) is 0. The van der Waals surface area contributed by atoms with Gasteiger partial charge in [0.1, 0.15) is 5.82 Å². The molecule has 1 aromatic heterocycles. The van der Waals surface area contributed by atoms with Gasteiger partial charge in [0.15, 0.2) is 0 Å². The predicted octanol–water partition coefficient (Wildman–Crippen LogP) is 3.32. The van der Waals surface area contributed by atoms with Crippen LogP contribution in [0.2, 0.25) is 0 Å². The van der Waals surface area contributed by atoms with Crippen molar-refractivity contribution in [3.05, 3.63) is 17.7 Å². The maximum absolute atomic E-state index is 12.4. The van der Waals surface area contributed by atoms with Crippen LogP contribution in [-0.4, -0.2) is 33.4 Å². The molecule has 122 valence electrons. The molecule has 0 N–H and O–H groups in total. The summed E-state index contributed by atoms with van der Waals surface area (Å²) in [6.07, 6.45) is 10.4. The lowest BCUT2D eigenvalue weighted by Crippen LogP contribution is -2.29. The Labute approximate surface area is 133 Å². The number of carbonyl (C=O) groups excluding carboxylic acids is 1. The molecule has 1 aliphatic heterocycles. The van der Waals surface area contributed by atoms with Crippen molar-refractivity contribution >= 4 is 5.91 Å². The van der Waals surface area contributed by atoms with Crippen LogP contribution < -0.4 is 0 Å². The minimum absolute atomic E-state index is 0.383. The predicted molar refractivity (Wildman–Crippen MR) is 87.6 cm³/mol. The van der Waals surface area contributed by atoms with Crippen LogP contribution in [0.3, 0.4) is 0 Å². The van der Waals surface area contributed by atoms with Gasteiger partial charge in [0, 0.05) is 37.9 Å². The zero-order valence-corrected chi connectivity index (χ0v) is 14.1. The third kappa shape index (κ3) is 3.53. The van der Waals surface area contributed by atoms with Crippen LogP contribution in [0.15, 0.2) is 6.20 Å². The number of carbonyl (C=O) groups is 1. The highest BCUT2D eigenvalue weighted by molar-refractivity contribution is 5.76. The van der Waals surface area contributed by atoms with Crippen LogP contribution in [0, 0.1) is 25.7 Å². The summed E-state index contributed by atoms with van der Waals surface area (Å²) in [4.78, 5) is 18.9. The second kappa shape index (κ2) is 6.84. The zero-order valence-electron chi connectivity index (χ0n) is 14.1. The molecule has 0 bridgehead atoms. The third-order valence-electron chi connectivity index (χ3n) is 5.58. The van der Waals surface area contributed by atoms with E-state index in [1.165, 1.54) is 31.4 Å². The van der Waals surface area contributed by atoms with E-state index in [0.29, 0.717) is 11.8 Å². The molecular formula is C18H29N3O. The van der Waals surface area contributed by atoms with Gasteiger partial charge in [0.2, 0.25) is 5.91 Å². The minimum atomic E-state index is 0.383. The quantitative estimate of drug-likeness (QED) is 0.837. The van der Waals surface area contributed by atoms with Gasteiger partial charge in [0.25, 0.3) is 0 Å². The van der Waals surface area contributed by atoms with Gasteiger partial charge >= 0.3 is 0 Å². The van der Waals surface area contributed by atoms with E-state index in [1.807, 2.05) is 6.20 Å². The van der Waals surface area contributed by atoms with Gasteiger partial charge in [-0.15, -0.1) is 0 Å². The van der Waals surface area contributed by atoms with E-state index in [9.17, 15) is 4.79 Å². The molecule has 1 saturated carbocycles. The Balaban J connectivity index is 1.46. The molecule has 1 amide bonds. The molecule has 4 heteroatoms. The van der Waals surface area contributed by atoms with Crippen LogP contribution >= 0.6 is 0 Å². The van der Waals surface area contributed by atoms with Crippen molar-refractivity contribution in [1.29, 1.82) is 0 Å². The summed E-state index contributed by atoms with van der Waals surface area (Å²) >= 11 is 0. The Bertz CT molecular complexity index is 497. The summed E-state index contributed by atoms with van der Waals surface area (Å²) < 4.78 is 2.29. The highest BCUT2D eigenvalue weighted by Gasteiger charge is 2.27. The van der Waals surface area contributed by atoms with Gasteiger partial charge in [0.05, 0.1) is 0 Å². The van der Waals surface area contributed by atoms with Crippen LogP contribution in [0.5, 0.6) is 0 Å². The monoisotopic (exact) mass is 303 g/mol. The first-order chi connectivity index (χ1) is 10.6. The van der Waals surface area contributed by atoms with E-state index in [1.54, 1.807) is 0 Å². The standard InChI is InChI=1S/C18H29N3O/c1-14-11-19-15(2)21(14)13-17-9-10-20(12-17)18(22)8-7-16-5-3-4-6-16/h11,16-17H,3-10,12-13H2,1-2H3. The molecule has 1 saturated heterocycles. The SMILES string of the molecule is Cc1cnc(C)n1CC1CCN(C(=O)CCC2CCCC2)C1. The Morgan fingerprint density at radius 3 is 2.68 bits per heavy atom. The van der Waals surface area contributed by atoms with Gasteiger partial charge in [-0.2, -0.15) is 0 Å². The normalized spacial score (nSPS) is 22.6. The van der Waals surface area contributed by atoms with Crippen molar-refractivity contribution in [3.63, 3.8) is 0 Å². The Morgan fingerprint density at radius 2 is 2.00 bits per heavy atom. The number of hydrogen-bond acceptors (Lipinski definition) is 2. The van der Waals surface area contributed by atoms with E-state index in [4.69, 9.17) is 0 Å². The lowest BCUT2D eigenvalue weighted by molar-refractivity contribution is -0.130. The van der Waals surface area contributed by atoms with Gasteiger partial charge in [-0.1, -0.05) is 25.7 Å². The molecule has 0 aromatic carbocycles. The molecule has 0 spiro atoms. The Kier molecular flexibility index (Phi) is 4.84. The zero-order chi connectivity index (χ0) is 15.5. The average molecular weight is 303 g/mol. The fourth-order valence-corrected chi connectivity index (χ4v) is 4.11. The van der Waals surface area contributed by atoms with Crippen LogP contribution in [-0.2, 0) is 11.3 Å². The van der Waals surface area contributed by atoms with Crippen LogP contribution in [0.1, 0.15) is 56.5 Å². The summed E-state index contributed by atoms with van der Waals surface area (Å²) in [6, 6.07) is 0. The molecule has 22 heavy (non-hydrogen) atoms. The number of nitrogens with zero attached hydrogens (tertiary/aromatic N) is 3. The fourth-order valence-electron chi connectivity index (χ4n) is 4.11. The molecule has 0 radical (unpaired) electrons. The van der Waals surface area contributed by atoms with Crippen molar-refractivity contribution in [2.45, 2.75) is 65.3 Å². The maximum Gasteiger partial charge on any atom is 0.222 e. The third-order valence-corrected chi connectivity index (χ3v) is 5.58. The number of rotatable bonds is 5. The molecule has 1 atom stereocenters. The van der Waals surface area contributed by atoms with Crippen LogP contribution in [0.4, 0.5) is 0 Å². The Hall–Kier alpha value is -1.32. The smallest absolute Gasteiger partial charge is 0.222 e. The topological polar surface area (TPSA) is 38.1 Å². The number of imidazole rings is 1. The largest absolute Gasteiger partial charge is 0.342 e. The Morgan fingerprint density at radius 1 is 1.23 bits per heavy atom. The lowest BCUT2D eigenvalue weighted by atomic mass is 10.0. The number of likely N-dealkylation sites (tertiary alicyclic amines) is 1. The molecule has 1 aromatic rings. The van der Waals surface area contributed by atoms with E-state index in [0.717, 1.165) is 50.6 Å². The number of aromatic nitrogens is 2. The molecule has 2 fully saturated rings. The van der Waals surface area contributed by atoms with Gasteiger partial charge in [-0.3, -0.25) is 4.79 Å². The maximum atomic E-state index is 12.4. The summed E-state index contributed by atoms with van der Waals surface area (Å²) in [5.41, 5.74) is 1.23. The minimum Gasteiger partial charge on any atom is -0.342 e. The number of aryl methyl sites for hydroxylation is 2. The van der Waals surface area contributed by atoms with E-state index in [-0.39, 0.29) is 0 Å². The summed E-state index contributed by atoms with van der Waals surface area (Å²) in [5, 5.41) is 0. The van der Waals surface area contributed by atoms with Crippen molar-refractivity contribution in [1.82, 2.24) is 14.5 Å². The summed E-state index contributed by atoms with van der Waals surface area (Å²) in [6.45, 7) is 7.05. The van der Waals surface area contributed by atoms with Gasteiger partial charge < -0.3 is 9.47 Å². The first kappa shape index (κ1) is 15.6. The van der Waals surface area contributed by atoms with E-state index in [2.05, 4.69) is 28.3 Å². The van der Waals surface area contributed by atoms with Crippen molar-refractivity contribution in [2.24, 2.45) is 11.8 Å². The second-order valence-corrected chi connectivity index (χ2v) is 7.24. The van der Waals surface area contributed by atoms with Crippen LogP contribution in [0.25, 0.3) is 0 Å². The van der Waals surface area contributed by atoms with Crippen molar-refractivity contribution in [3.8, 4) is 0 Å². The molecule has 4 nitrogen and oxygen atoms in total. The lowest BCUT2D eigenvalue weighted by Gasteiger charge is -2.18.